The van der Waals surface area contributed by atoms with Crippen LogP contribution in [-0.2, 0) is 0 Å². The maximum absolute atomic E-state index is 3.65. The number of unbranched alkanes of at least 4 members (excludes halogenated alkanes) is 12. The average Bonchev–Trinajstić information content (AvgIpc) is 3.21. The van der Waals surface area contributed by atoms with Crippen molar-refractivity contribution in [2.24, 2.45) is 0 Å². The molecule has 0 spiro atoms. The van der Waals surface area contributed by atoms with Crippen LogP contribution in [0.2, 0.25) is 0 Å². The lowest BCUT2D eigenvalue weighted by Gasteiger charge is -2.17. The maximum Gasteiger partial charge on any atom is 0.257 e. The van der Waals surface area contributed by atoms with Crippen molar-refractivity contribution in [2.45, 2.75) is 155 Å². The third-order valence-electron chi connectivity index (χ3n) is 6.64. The maximum atomic E-state index is 3.65. The first kappa shape index (κ1) is 26.2. The van der Waals surface area contributed by atoms with Crippen molar-refractivity contribution in [2.75, 3.05) is 0 Å². The zero-order valence-corrected chi connectivity index (χ0v) is 20.5. The van der Waals surface area contributed by atoms with Gasteiger partial charge in [0.1, 0.15) is 12.4 Å². The van der Waals surface area contributed by atoms with Gasteiger partial charge in [-0.1, -0.05) is 111 Å². The molecule has 0 bridgehead atoms. The van der Waals surface area contributed by atoms with Gasteiger partial charge in [-0.15, -0.1) is 0 Å². The van der Waals surface area contributed by atoms with Gasteiger partial charge in [-0.3, -0.25) is 0 Å². The Balaban J connectivity index is 2.46. The molecule has 2 atom stereocenters. The van der Waals surface area contributed by atoms with Gasteiger partial charge in [-0.05, 0) is 32.6 Å². The Bertz CT molecular complexity index is 465. The van der Waals surface area contributed by atoms with Crippen LogP contribution in [0, 0.1) is 0 Å². The Morgan fingerprint density at radius 2 is 1.10 bits per heavy atom. The predicted molar refractivity (Wildman–Crippen MR) is 129 cm³/mol. The van der Waals surface area contributed by atoms with E-state index in [1.165, 1.54) is 121 Å². The minimum atomic E-state index is 0.625. The van der Waals surface area contributed by atoms with E-state index in [0.717, 1.165) is 5.92 Å². The van der Waals surface area contributed by atoms with Crippen molar-refractivity contribution >= 4 is 0 Å². The molecule has 0 radical (unpaired) electrons. The van der Waals surface area contributed by atoms with Gasteiger partial charge in [0.15, 0.2) is 0 Å². The minimum absolute atomic E-state index is 0.625. The lowest BCUT2D eigenvalue weighted by atomic mass is 9.93. The van der Waals surface area contributed by atoms with E-state index < -0.39 is 0 Å². The van der Waals surface area contributed by atoms with E-state index in [4.69, 9.17) is 0 Å². The second-order valence-electron chi connectivity index (χ2n) is 9.41. The molecule has 29 heavy (non-hydrogen) atoms. The monoisotopic (exact) mass is 405 g/mol. The molecule has 0 saturated carbocycles. The van der Waals surface area contributed by atoms with E-state index in [-0.39, 0.29) is 0 Å². The predicted octanol–water partition coefficient (Wildman–Crippen LogP) is 9.03. The van der Waals surface area contributed by atoms with Crippen molar-refractivity contribution in [3.05, 3.63) is 18.2 Å². The van der Waals surface area contributed by atoms with Crippen LogP contribution in [0.1, 0.15) is 161 Å². The number of nitrogens with one attached hydrogen (secondary N) is 1. The number of nitrogens with zero attached hydrogens (tertiary/aromatic N) is 1. The first-order valence-corrected chi connectivity index (χ1v) is 13.3. The molecule has 1 aromatic rings. The van der Waals surface area contributed by atoms with E-state index in [9.17, 15) is 0 Å². The van der Waals surface area contributed by atoms with Gasteiger partial charge in [0, 0.05) is 0 Å². The Morgan fingerprint density at radius 3 is 1.69 bits per heavy atom. The molecule has 1 rings (SSSR count). The molecule has 2 heteroatoms. The van der Waals surface area contributed by atoms with Crippen LogP contribution in [0.5, 0.6) is 0 Å². The van der Waals surface area contributed by atoms with Crippen molar-refractivity contribution in [1.29, 1.82) is 0 Å². The SMILES string of the molecule is CCCCCCCCCCCC(CCCCC)c1[nH]cc[n+]1C(C)CCCCC. The summed E-state index contributed by atoms with van der Waals surface area (Å²) in [5.74, 6) is 2.22. The lowest BCUT2D eigenvalue weighted by molar-refractivity contribution is -0.727. The van der Waals surface area contributed by atoms with Crippen molar-refractivity contribution in [3.8, 4) is 0 Å². The van der Waals surface area contributed by atoms with E-state index in [1.807, 2.05) is 0 Å². The first-order chi connectivity index (χ1) is 14.2. The molecule has 0 aliphatic carbocycles. The number of hydrogen-bond donors (Lipinski definition) is 1. The molecule has 0 amide bonds. The van der Waals surface area contributed by atoms with Gasteiger partial charge in [0.2, 0.25) is 0 Å². The fourth-order valence-electron chi connectivity index (χ4n) is 4.66. The molecule has 1 heterocycles. The lowest BCUT2D eigenvalue weighted by Crippen LogP contribution is -2.41. The highest BCUT2D eigenvalue weighted by molar-refractivity contribution is 4.90. The molecular formula is C27H53N2+. The normalized spacial score (nSPS) is 13.7. The smallest absolute Gasteiger partial charge is 0.247 e. The summed E-state index contributed by atoms with van der Waals surface area (Å²) in [5.41, 5.74) is 0. The van der Waals surface area contributed by atoms with Crippen LogP contribution < -0.4 is 4.57 Å². The Kier molecular flexibility index (Phi) is 16.3. The summed E-state index contributed by atoms with van der Waals surface area (Å²) in [6.07, 6.45) is 29.4. The molecule has 1 aromatic heterocycles. The molecular weight excluding hydrogens is 352 g/mol. The van der Waals surface area contributed by atoms with Crippen molar-refractivity contribution in [3.63, 3.8) is 0 Å². The molecule has 0 fully saturated rings. The van der Waals surface area contributed by atoms with Crippen LogP contribution in [-0.4, -0.2) is 4.98 Å². The summed E-state index contributed by atoms with van der Waals surface area (Å²) in [4.78, 5) is 3.65. The number of rotatable bonds is 20. The second kappa shape index (κ2) is 18.0. The van der Waals surface area contributed by atoms with E-state index in [0.29, 0.717) is 6.04 Å². The van der Waals surface area contributed by atoms with Gasteiger partial charge >= 0.3 is 0 Å². The fraction of sp³-hybridized carbons (Fsp3) is 0.889. The highest BCUT2D eigenvalue weighted by Gasteiger charge is 2.25. The fourth-order valence-corrected chi connectivity index (χ4v) is 4.66. The first-order valence-electron chi connectivity index (χ1n) is 13.3. The standard InChI is InChI=1S/C27H52N2/c1-5-8-11-12-13-14-15-16-19-22-26(21-18-10-7-3)27-28-23-24-29(27)25(4)20-17-9-6-2/h23-26H,5-22H2,1-4H3/p+1. The number of H-pyrrole nitrogens is 1. The largest absolute Gasteiger partial charge is 0.257 e. The summed E-state index contributed by atoms with van der Waals surface area (Å²) in [5, 5.41) is 0. The zero-order valence-electron chi connectivity index (χ0n) is 20.5. The summed E-state index contributed by atoms with van der Waals surface area (Å²) >= 11 is 0. The van der Waals surface area contributed by atoms with E-state index in [1.54, 1.807) is 0 Å². The number of imidazole rings is 1. The van der Waals surface area contributed by atoms with Crippen LogP contribution in [0.25, 0.3) is 0 Å². The number of hydrogen-bond acceptors (Lipinski definition) is 0. The average molecular weight is 406 g/mol. The Labute approximate surface area is 183 Å². The topological polar surface area (TPSA) is 19.7 Å². The molecule has 2 unspecified atom stereocenters. The summed E-state index contributed by atoms with van der Waals surface area (Å²) in [7, 11) is 0. The Hall–Kier alpha value is -0.790. The van der Waals surface area contributed by atoms with Gasteiger partial charge in [0.25, 0.3) is 5.82 Å². The second-order valence-corrected chi connectivity index (χ2v) is 9.41. The zero-order chi connectivity index (χ0) is 21.2. The van der Waals surface area contributed by atoms with Crippen molar-refractivity contribution < 1.29 is 4.57 Å². The third kappa shape index (κ3) is 11.8. The van der Waals surface area contributed by atoms with Crippen LogP contribution in [0.3, 0.4) is 0 Å². The van der Waals surface area contributed by atoms with Gasteiger partial charge < -0.3 is 0 Å². The molecule has 0 saturated heterocycles. The van der Waals surface area contributed by atoms with Gasteiger partial charge in [0.05, 0.1) is 12.0 Å². The number of aromatic amines is 1. The highest BCUT2D eigenvalue weighted by atomic mass is 15.1. The number of aromatic nitrogens is 2. The molecule has 0 aliphatic heterocycles. The van der Waals surface area contributed by atoms with Gasteiger partial charge in [-0.25, -0.2) is 9.55 Å². The van der Waals surface area contributed by atoms with E-state index in [2.05, 4.69) is 49.6 Å². The third-order valence-corrected chi connectivity index (χ3v) is 6.64. The molecule has 170 valence electrons. The quantitative estimate of drug-likeness (QED) is 0.165. The van der Waals surface area contributed by atoms with Gasteiger partial charge in [-0.2, -0.15) is 0 Å². The minimum Gasteiger partial charge on any atom is -0.247 e. The highest BCUT2D eigenvalue weighted by Crippen LogP contribution is 2.27. The summed E-state index contributed by atoms with van der Waals surface area (Å²) in [6.45, 7) is 9.33. The summed E-state index contributed by atoms with van der Waals surface area (Å²) < 4.78 is 2.57. The summed E-state index contributed by atoms with van der Waals surface area (Å²) in [6, 6.07) is 0.625. The molecule has 0 aromatic carbocycles. The van der Waals surface area contributed by atoms with Crippen molar-refractivity contribution in [1.82, 2.24) is 4.98 Å². The van der Waals surface area contributed by atoms with Crippen LogP contribution in [0.15, 0.2) is 12.4 Å². The van der Waals surface area contributed by atoms with Crippen LogP contribution in [0.4, 0.5) is 0 Å². The molecule has 1 N–H and O–H groups in total. The van der Waals surface area contributed by atoms with Crippen LogP contribution >= 0.6 is 0 Å². The molecule has 2 nitrogen and oxygen atoms in total. The van der Waals surface area contributed by atoms with E-state index >= 15 is 0 Å². The Morgan fingerprint density at radius 1 is 0.655 bits per heavy atom. The molecule has 0 aliphatic rings.